The molecule has 0 aromatic carbocycles. The molecule has 0 saturated carbocycles. The number of nitrogens with zero attached hydrogens (tertiary/aromatic N) is 1. The number of carbonyl (C=O) groups is 2. The fraction of sp³-hybridized carbons (Fsp3) is 0.364. The molecule has 0 aliphatic carbocycles. The van der Waals surface area contributed by atoms with E-state index in [0.29, 0.717) is 0 Å². The highest BCUT2D eigenvalue weighted by atomic mass is 35.5. The first-order valence-electron chi connectivity index (χ1n) is 5.15. The molecule has 98 valence electrons. The van der Waals surface area contributed by atoms with Crippen molar-refractivity contribution in [1.82, 2.24) is 4.98 Å². The third kappa shape index (κ3) is 3.89. The van der Waals surface area contributed by atoms with Gasteiger partial charge in [0.2, 0.25) is 0 Å². The molecule has 0 radical (unpaired) electrons. The number of nitrogens with two attached hydrogens (primary N) is 1. The first-order valence-corrected chi connectivity index (χ1v) is 5.53. The summed E-state index contributed by atoms with van der Waals surface area (Å²) < 4.78 is 5.05. The van der Waals surface area contributed by atoms with Crippen LogP contribution in [-0.2, 0) is 4.74 Å². The standard InChI is InChI=1S/C11H14ClN3O3/c1-11(2,3)18-10(17)15-6-4-5-14-8(12)7(6)9(13)16/h4-5H,1-3H3,(H2,13,16)(H,14,15,17). The Bertz CT molecular complexity index is 483. The van der Waals surface area contributed by atoms with Gasteiger partial charge in [-0.1, -0.05) is 11.6 Å². The first-order chi connectivity index (χ1) is 8.20. The molecule has 0 spiro atoms. The van der Waals surface area contributed by atoms with Gasteiger partial charge in [-0.25, -0.2) is 9.78 Å². The van der Waals surface area contributed by atoms with Crippen molar-refractivity contribution in [3.05, 3.63) is 23.0 Å². The van der Waals surface area contributed by atoms with Crippen LogP contribution in [0.1, 0.15) is 31.1 Å². The molecule has 0 fully saturated rings. The van der Waals surface area contributed by atoms with Crippen LogP contribution >= 0.6 is 11.6 Å². The van der Waals surface area contributed by atoms with Crippen LogP contribution in [0.15, 0.2) is 12.3 Å². The number of nitrogens with one attached hydrogen (secondary N) is 1. The highest BCUT2D eigenvalue weighted by Gasteiger charge is 2.20. The van der Waals surface area contributed by atoms with Crippen molar-refractivity contribution in [1.29, 1.82) is 0 Å². The Labute approximate surface area is 109 Å². The lowest BCUT2D eigenvalue weighted by molar-refractivity contribution is 0.0636. The molecule has 0 unspecified atom stereocenters. The van der Waals surface area contributed by atoms with Gasteiger partial charge in [-0.05, 0) is 26.8 Å². The number of aromatic nitrogens is 1. The Balaban J connectivity index is 2.95. The summed E-state index contributed by atoms with van der Waals surface area (Å²) in [5, 5.41) is 2.33. The largest absolute Gasteiger partial charge is 0.444 e. The summed E-state index contributed by atoms with van der Waals surface area (Å²) in [5.74, 6) is -0.779. The van der Waals surface area contributed by atoms with E-state index in [-0.39, 0.29) is 16.4 Å². The number of hydrogen-bond acceptors (Lipinski definition) is 4. The molecule has 0 saturated heterocycles. The zero-order valence-electron chi connectivity index (χ0n) is 10.3. The highest BCUT2D eigenvalue weighted by molar-refractivity contribution is 6.33. The minimum absolute atomic E-state index is 0.0509. The van der Waals surface area contributed by atoms with Crippen LogP contribution in [-0.4, -0.2) is 22.6 Å². The van der Waals surface area contributed by atoms with Crippen LogP contribution in [0.4, 0.5) is 10.5 Å². The molecule has 1 aromatic heterocycles. The normalized spacial score (nSPS) is 10.9. The molecular weight excluding hydrogens is 258 g/mol. The molecule has 7 heteroatoms. The molecule has 1 rings (SSSR count). The van der Waals surface area contributed by atoms with Crippen LogP contribution in [0.2, 0.25) is 5.15 Å². The SMILES string of the molecule is CC(C)(C)OC(=O)Nc1ccnc(Cl)c1C(N)=O. The Morgan fingerprint density at radius 1 is 1.44 bits per heavy atom. The van der Waals surface area contributed by atoms with Gasteiger partial charge in [0.1, 0.15) is 16.3 Å². The van der Waals surface area contributed by atoms with Crippen molar-refractivity contribution >= 4 is 29.3 Å². The summed E-state index contributed by atoms with van der Waals surface area (Å²) in [6.07, 6.45) is 0.647. The van der Waals surface area contributed by atoms with E-state index < -0.39 is 17.6 Å². The molecule has 6 nitrogen and oxygen atoms in total. The van der Waals surface area contributed by atoms with Crippen LogP contribution < -0.4 is 11.1 Å². The molecular formula is C11H14ClN3O3. The number of primary amides is 1. The van der Waals surface area contributed by atoms with E-state index in [1.165, 1.54) is 12.3 Å². The van der Waals surface area contributed by atoms with E-state index in [2.05, 4.69) is 10.3 Å². The van der Waals surface area contributed by atoms with Crippen LogP contribution in [0.5, 0.6) is 0 Å². The summed E-state index contributed by atoms with van der Waals surface area (Å²) in [6.45, 7) is 5.17. The van der Waals surface area contributed by atoms with E-state index in [4.69, 9.17) is 22.1 Å². The minimum atomic E-state index is -0.779. The molecule has 1 aromatic rings. The maximum atomic E-state index is 11.6. The van der Waals surface area contributed by atoms with E-state index in [1.807, 2.05) is 0 Å². The number of hydrogen-bond donors (Lipinski definition) is 2. The lowest BCUT2D eigenvalue weighted by Gasteiger charge is -2.20. The summed E-state index contributed by atoms with van der Waals surface area (Å²) >= 11 is 5.74. The van der Waals surface area contributed by atoms with E-state index in [0.717, 1.165) is 0 Å². The first kappa shape index (κ1) is 14.2. The average molecular weight is 272 g/mol. The Morgan fingerprint density at radius 2 is 2.06 bits per heavy atom. The van der Waals surface area contributed by atoms with Gasteiger partial charge in [-0.2, -0.15) is 0 Å². The van der Waals surface area contributed by atoms with E-state index in [1.54, 1.807) is 20.8 Å². The Kier molecular flexibility index (Phi) is 4.13. The quantitative estimate of drug-likeness (QED) is 0.806. The number of ether oxygens (including phenoxy) is 1. The average Bonchev–Trinajstić information content (AvgIpc) is 2.13. The second kappa shape index (κ2) is 5.22. The van der Waals surface area contributed by atoms with Crippen molar-refractivity contribution in [2.75, 3.05) is 5.32 Å². The topological polar surface area (TPSA) is 94.3 Å². The maximum absolute atomic E-state index is 11.6. The van der Waals surface area contributed by atoms with Gasteiger partial charge in [0, 0.05) is 6.20 Å². The molecule has 0 aliphatic rings. The van der Waals surface area contributed by atoms with E-state index in [9.17, 15) is 9.59 Å². The minimum Gasteiger partial charge on any atom is -0.444 e. The van der Waals surface area contributed by atoms with Crippen molar-refractivity contribution in [2.24, 2.45) is 5.73 Å². The Morgan fingerprint density at radius 3 is 2.56 bits per heavy atom. The molecule has 0 aliphatic heterocycles. The highest BCUT2D eigenvalue weighted by Crippen LogP contribution is 2.22. The van der Waals surface area contributed by atoms with Gasteiger partial charge in [0.15, 0.2) is 0 Å². The zero-order valence-corrected chi connectivity index (χ0v) is 11.0. The number of anilines is 1. The summed E-state index contributed by atoms with van der Waals surface area (Å²) in [6, 6.07) is 1.41. The summed E-state index contributed by atoms with van der Waals surface area (Å²) in [4.78, 5) is 26.5. The number of rotatable bonds is 2. The van der Waals surface area contributed by atoms with Crippen LogP contribution in [0, 0.1) is 0 Å². The zero-order chi connectivity index (χ0) is 13.9. The van der Waals surface area contributed by atoms with Crippen molar-refractivity contribution < 1.29 is 14.3 Å². The van der Waals surface area contributed by atoms with Crippen LogP contribution in [0.3, 0.4) is 0 Å². The van der Waals surface area contributed by atoms with Gasteiger partial charge in [-0.15, -0.1) is 0 Å². The number of pyridine rings is 1. The lowest BCUT2D eigenvalue weighted by Crippen LogP contribution is -2.28. The van der Waals surface area contributed by atoms with Crippen molar-refractivity contribution in [3.8, 4) is 0 Å². The van der Waals surface area contributed by atoms with Gasteiger partial charge in [0.05, 0.1) is 5.69 Å². The number of carbonyl (C=O) groups excluding carboxylic acids is 2. The molecule has 18 heavy (non-hydrogen) atoms. The fourth-order valence-electron chi connectivity index (χ4n) is 1.19. The van der Waals surface area contributed by atoms with Crippen molar-refractivity contribution in [3.63, 3.8) is 0 Å². The van der Waals surface area contributed by atoms with Gasteiger partial charge >= 0.3 is 6.09 Å². The summed E-state index contributed by atoms with van der Waals surface area (Å²) in [7, 11) is 0. The summed E-state index contributed by atoms with van der Waals surface area (Å²) in [5.41, 5.74) is 4.63. The molecule has 2 amide bonds. The van der Waals surface area contributed by atoms with Gasteiger partial charge in [-0.3, -0.25) is 10.1 Å². The molecule has 3 N–H and O–H groups in total. The Hall–Kier alpha value is -1.82. The number of amides is 2. The lowest BCUT2D eigenvalue weighted by atomic mass is 10.2. The molecule has 1 heterocycles. The van der Waals surface area contributed by atoms with Crippen LogP contribution in [0.25, 0.3) is 0 Å². The fourth-order valence-corrected chi connectivity index (χ4v) is 1.44. The third-order valence-corrected chi connectivity index (χ3v) is 2.07. The third-order valence-electron chi connectivity index (χ3n) is 1.79. The smallest absolute Gasteiger partial charge is 0.412 e. The monoisotopic (exact) mass is 271 g/mol. The van der Waals surface area contributed by atoms with E-state index >= 15 is 0 Å². The maximum Gasteiger partial charge on any atom is 0.412 e. The van der Waals surface area contributed by atoms with Crippen molar-refractivity contribution in [2.45, 2.75) is 26.4 Å². The predicted octanol–water partition coefficient (Wildman–Crippen LogP) is 2.18. The second-order valence-electron chi connectivity index (χ2n) is 4.52. The predicted molar refractivity (Wildman–Crippen MR) is 67.6 cm³/mol. The molecule has 0 atom stereocenters. The second-order valence-corrected chi connectivity index (χ2v) is 4.87. The van der Waals surface area contributed by atoms with Gasteiger partial charge in [0.25, 0.3) is 5.91 Å². The van der Waals surface area contributed by atoms with Gasteiger partial charge < -0.3 is 10.5 Å². The molecule has 0 bridgehead atoms. The number of halogens is 1.